The molecule has 0 radical (unpaired) electrons. The Morgan fingerprint density at radius 2 is 2.04 bits per heavy atom. The molecule has 1 N–H and O–H groups in total. The lowest BCUT2D eigenvalue weighted by Crippen LogP contribution is -2.14. The number of rotatable bonds is 5. The maximum Gasteiger partial charge on any atom is 0.213 e. The number of anilines is 1. The second-order valence-electron chi connectivity index (χ2n) is 6.27. The number of ether oxygens (including phenoxy) is 1. The van der Waals surface area contributed by atoms with Gasteiger partial charge in [-0.25, -0.2) is 15.0 Å². The summed E-state index contributed by atoms with van der Waals surface area (Å²) in [6.45, 7) is 6.67. The lowest BCUT2D eigenvalue weighted by atomic mass is 9.96. The molecule has 0 fully saturated rings. The Morgan fingerprint density at radius 3 is 2.87 bits per heavy atom. The van der Waals surface area contributed by atoms with Gasteiger partial charge in [-0.2, -0.15) is 0 Å². The van der Waals surface area contributed by atoms with Gasteiger partial charge in [0.1, 0.15) is 11.6 Å². The van der Waals surface area contributed by atoms with Crippen molar-refractivity contribution in [2.45, 2.75) is 59.1 Å². The molecule has 2 heterocycles. The molecular formula is C18H24N4O. The smallest absolute Gasteiger partial charge is 0.213 e. The van der Waals surface area contributed by atoms with Crippen LogP contribution in [-0.4, -0.2) is 21.1 Å². The fourth-order valence-corrected chi connectivity index (χ4v) is 2.92. The standard InChI is InChI=1S/C18H24N4O/c1-12(2)23-17-10-14(8-9-19-17)11-20-18-15-6-4-5-7-16(15)21-13(3)22-18/h8-10,12H,4-7,11H2,1-3H3,(H,20,21,22). The Morgan fingerprint density at radius 1 is 1.22 bits per heavy atom. The fraction of sp³-hybridized carbons (Fsp3) is 0.500. The average Bonchev–Trinajstić information content (AvgIpc) is 2.52. The number of hydrogen-bond acceptors (Lipinski definition) is 5. The van der Waals surface area contributed by atoms with Gasteiger partial charge in [0.2, 0.25) is 5.88 Å². The Hall–Kier alpha value is -2.17. The first-order chi connectivity index (χ1) is 11.1. The molecule has 5 heteroatoms. The highest BCUT2D eigenvalue weighted by atomic mass is 16.5. The number of hydrogen-bond donors (Lipinski definition) is 1. The number of fused-ring (bicyclic) bond motifs is 1. The predicted molar refractivity (Wildman–Crippen MR) is 90.7 cm³/mol. The van der Waals surface area contributed by atoms with Crippen molar-refractivity contribution in [3.63, 3.8) is 0 Å². The monoisotopic (exact) mass is 312 g/mol. The minimum absolute atomic E-state index is 0.127. The minimum atomic E-state index is 0.127. The van der Waals surface area contributed by atoms with Crippen LogP contribution in [0, 0.1) is 6.92 Å². The first-order valence-electron chi connectivity index (χ1n) is 8.33. The Balaban J connectivity index is 1.75. The summed E-state index contributed by atoms with van der Waals surface area (Å²) in [5, 5.41) is 3.48. The zero-order chi connectivity index (χ0) is 16.2. The van der Waals surface area contributed by atoms with Gasteiger partial charge in [0.25, 0.3) is 0 Å². The first kappa shape index (κ1) is 15.7. The van der Waals surface area contributed by atoms with Gasteiger partial charge >= 0.3 is 0 Å². The second-order valence-corrected chi connectivity index (χ2v) is 6.27. The molecule has 2 aromatic heterocycles. The van der Waals surface area contributed by atoms with Crippen LogP contribution in [0.3, 0.4) is 0 Å². The van der Waals surface area contributed by atoms with Crippen molar-refractivity contribution in [3.8, 4) is 5.88 Å². The van der Waals surface area contributed by atoms with Crippen molar-refractivity contribution >= 4 is 5.82 Å². The molecule has 0 aromatic carbocycles. The highest BCUT2D eigenvalue weighted by Crippen LogP contribution is 2.25. The second kappa shape index (κ2) is 6.94. The Labute approximate surface area is 137 Å². The predicted octanol–water partition coefficient (Wildman–Crippen LogP) is 3.46. The number of nitrogens with one attached hydrogen (secondary N) is 1. The Kier molecular flexibility index (Phi) is 4.74. The molecule has 1 aliphatic rings. The lowest BCUT2D eigenvalue weighted by Gasteiger charge is -2.19. The van der Waals surface area contributed by atoms with E-state index >= 15 is 0 Å². The largest absolute Gasteiger partial charge is 0.475 e. The van der Waals surface area contributed by atoms with E-state index in [4.69, 9.17) is 4.74 Å². The summed E-state index contributed by atoms with van der Waals surface area (Å²) in [6, 6.07) is 3.98. The van der Waals surface area contributed by atoms with Crippen LogP contribution < -0.4 is 10.1 Å². The minimum Gasteiger partial charge on any atom is -0.475 e. The van der Waals surface area contributed by atoms with Crippen molar-refractivity contribution in [1.29, 1.82) is 0 Å². The quantitative estimate of drug-likeness (QED) is 0.916. The van der Waals surface area contributed by atoms with Crippen LogP contribution in [0.4, 0.5) is 5.82 Å². The molecule has 0 saturated carbocycles. The van der Waals surface area contributed by atoms with Crippen LogP contribution in [0.1, 0.15) is 49.3 Å². The lowest BCUT2D eigenvalue weighted by molar-refractivity contribution is 0.232. The molecule has 0 aliphatic heterocycles. The van der Waals surface area contributed by atoms with E-state index in [0.29, 0.717) is 12.4 Å². The van der Waals surface area contributed by atoms with Gasteiger partial charge in [-0.15, -0.1) is 0 Å². The topological polar surface area (TPSA) is 59.9 Å². The average molecular weight is 312 g/mol. The van der Waals surface area contributed by atoms with E-state index in [1.54, 1.807) is 6.20 Å². The summed E-state index contributed by atoms with van der Waals surface area (Å²) in [5.41, 5.74) is 3.64. The maximum atomic E-state index is 5.65. The van der Waals surface area contributed by atoms with E-state index in [9.17, 15) is 0 Å². The molecule has 0 amide bonds. The molecule has 3 rings (SSSR count). The van der Waals surface area contributed by atoms with Gasteiger partial charge in [0.05, 0.1) is 6.10 Å². The van der Waals surface area contributed by atoms with Crippen molar-refractivity contribution < 1.29 is 4.74 Å². The van der Waals surface area contributed by atoms with E-state index in [2.05, 4.69) is 20.3 Å². The molecule has 0 spiro atoms. The molecule has 0 saturated heterocycles. The van der Waals surface area contributed by atoms with E-state index in [1.807, 2.05) is 32.9 Å². The summed E-state index contributed by atoms with van der Waals surface area (Å²) in [5.74, 6) is 2.49. The molecule has 23 heavy (non-hydrogen) atoms. The van der Waals surface area contributed by atoms with E-state index < -0.39 is 0 Å². The van der Waals surface area contributed by atoms with Crippen LogP contribution in [0.25, 0.3) is 0 Å². The van der Waals surface area contributed by atoms with Crippen LogP contribution in [-0.2, 0) is 19.4 Å². The van der Waals surface area contributed by atoms with Crippen molar-refractivity contribution in [1.82, 2.24) is 15.0 Å². The van der Waals surface area contributed by atoms with Gasteiger partial charge in [0, 0.05) is 30.1 Å². The molecule has 0 unspecified atom stereocenters. The Bertz CT molecular complexity index is 685. The summed E-state index contributed by atoms with van der Waals surface area (Å²) in [7, 11) is 0. The van der Waals surface area contributed by atoms with Gasteiger partial charge in [-0.1, -0.05) is 0 Å². The highest BCUT2D eigenvalue weighted by Gasteiger charge is 2.16. The fourth-order valence-electron chi connectivity index (χ4n) is 2.92. The van der Waals surface area contributed by atoms with Crippen molar-refractivity contribution in [2.24, 2.45) is 0 Å². The summed E-state index contributed by atoms with van der Waals surface area (Å²) < 4.78 is 5.65. The van der Waals surface area contributed by atoms with E-state index in [-0.39, 0.29) is 6.10 Å². The third kappa shape index (κ3) is 3.97. The van der Waals surface area contributed by atoms with Crippen LogP contribution in [0.2, 0.25) is 0 Å². The van der Waals surface area contributed by atoms with Crippen molar-refractivity contribution in [2.75, 3.05) is 5.32 Å². The summed E-state index contributed by atoms with van der Waals surface area (Å²) in [4.78, 5) is 13.4. The molecule has 2 aromatic rings. The van der Waals surface area contributed by atoms with Gasteiger partial charge in [0.15, 0.2) is 0 Å². The molecule has 122 valence electrons. The van der Waals surface area contributed by atoms with E-state index in [1.165, 1.54) is 24.1 Å². The molecular weight excluding hydrogens is 288 g/mol. The van der Waals surface area contributed by atoms with Gasteiger partial charge in [-0.05, 0) is 58.1 Å². The summed E-state index contributed by atoms with van der Waals surface area (Å²) >= 11 is 0. The zero-order valence-corrected chi connectivity index (χ0v) is 14.1. The molecule has 5 nitrogen and oxygen atoms in total. The van der Waals surface area contributed by atoms with Gasteiger partial charge < -0.3 is 10.1 Å². The number of pyridine rings is 1. The van der Waals surface area contributed by atoms with E-state index in [0.717, 1.165) is 30.0 Å². The molecule has 1 aliphatic carbocycles. The molecule has 0 bridgehead atoms. The molecule has 0 atom stereocenters. The van der Waals surface area contributed by atoms with Crippen LogP contribution in [0.5, 0.6) is 5.88 Å². The first-order valence-corrected chi connectivity index (χ1v) is 8.33. The van der Waals surface area contributed by atoms with Crippen molar-refractivity contribution in [3.05, 3.63) is 41.0 Å². The number of aryl methyl sites for hydroxylation is 2. The summed E-state index contributed by atoms with van der Waals surface area (Å²) in [6.07, 6.45) is 6.49. The third-order valence-electron chi connectivity index (χ3n) is 3.91. The van der Waals surface area contributed by atoms with Crippen LogP contribution in [0.15, 0.2) is 18.3 Å². The van der Waals surface area contributed by atoms with Crippen LogP contribution >= 0.6 is 0 Å². The maximum absolute atomic E-state index is 5.65. The number of nitrogens with zero attached hydrogens (tertiary/aromatic N) is 3. The highest BCUT2D eigenvalue weighted by molar-refractivity contribution is 5.48. The van der Waals surface area contributed by atoms with Gasteiger partial charge in [-0.3, -0.25) is 0 Å². The SMILES string of the molecule is Cc1nc2c(c(NCc3ccnc(OC(C)C)c3)n1)CCCC2. The zero-order valence-electron chi connectivity index (χ0n) is 14.1. The number of aromatic nitrogens is 3. The third-order valence-corrected chi connectivity index (χ3v) is 3.91. The normalized spacial score (nSPS) is 13.7.